The largest absolute Gasteiger partial charge is 0.505 e. The Morgan fingerprint density at radius 2 is 2.00 bits per heavy atom. The van der Waals surface area contributed by atoms with E-state index >= 15 is 0 Å². The van der Waals surface area contributed by atoms with Gasteiger partial charge in [-0.1, -0.05) is 11.6 Å². The number of aromatic amines is 1. The molecule has 6 heteroatoms. The van der Waals surface area contributed by atoms with Crippen molar-refractivity contribution >= 4 is 33.4 Å². The number of methoxy groups -OCH3 is 1. The van der Waals surface area contributed by atoms with Crippen LogP contribution in [0.2, 0.25) is 5.02 Å². The first-order chi connectivity index (χ1) is 11.6. The van der Waals surface area contributed by atoms with Crippen LogP contribution in [0.1, 0.15) is 0 Å². The average molecular weight is 341 g/mol. The molecule has 24 heavy (non-hydrogen) atoms. The molecule has 0 unspecified atom stereocenters. The highest BCUT2D eigenvalue weighted by Crippen LogP contribution is 2.32. The van der Waals surface area contributed by atoms with E-state index in [1.807, 2.05) is 24.3 Å². The fourth-order valence-electron chi connectivity index (χ4n) is 2.91. The fraction of sp³-hybridized carbons (Fsp3) is 0.0556. The highest BCUT2D eigenvalue weighted by molar-refractivity contribution is 6.31. The average Bonchev–Trinajstić information content (AvgIpc) is 2.97. The van der Waals surface area contributed by atoms with Crippen LogP contribution >= 0.6 is 11.6 Å². The summed E-state index contributed by atoms with van der Waals surface area (Å²) >= 11 is 5.95. The highest BCUT2D eigenvalue weighted by Gasteiger charge is 2.16. The van der Waals surface area contributed by atoms with Crippen LogP contribution in [0, 0.1) is 0 Å². The lowest BCUT2D eigenvalue weighted by Crippen LogP contribution is -2.14. The summed E-state index contributed by atoms with van der Waals surface area (Å²) < 4.78 is 6.88. The van der Waals surface area contributed by atoms with Crippen LogP contribution in [0.4, 0.5) is 0 Å². The van der Waals surface area contributed by atoms with Crippen molar-refractivity contribution in [2.45, 2.75) is 0 Å². The van der Waals surface area contributed by atoms with Crippen molar-refractivity contribution in [2.24, 2.45) is 0 Å². The number of pyridine rings is 1. The van der Waals surface area contributed by atoms with E-state index in [2.05, 4.69) is 4.98 Å². The first-order valence-electron chi connectivity index (χ1n) is 7.28. The third-order valence-electron chi connectivity index (χ3n) is 4.06. The fourth-order valence-corrected chi connectivity index (χ4v) is 3.08. The molecule has 0 fully saturated rings. The highest BCUT2D eigenvalue weighted by atomic mass is 35.5. The third kappa shape index (κ3) is 2.13. The predicted octanol–water partition coefficient (Wildman–Crippen LogP) is 3.84. The molecular weight excluding hydrogens is 328 g/mol. The minimum Gasteiger partial charge on any atom is -0.505 e. The van der Waals surface area contributed by atoms with E-state index in [4.69, 9.17) is 16.3 Å². The number of hydrogen-bond donors (Lipinski definition) is 2. The number of fused-ring (bicyclic) bond motifs is 2. The van der Waals surface area contributed by atoms with Crippen LogP contribution < -0.4 is 10.3 Å². The van der Waals surface area contributed by atoms with E-state index in [0.29, 0.717) is 15.9 Å². The van der Waals surface area contributed by atoms with Crippen molar-refractivity contribution in [3.63, 3.8) is 0 Å². The standard InChI is InChI=1S/C18H13ClN2O3/c1-24-12-3-5-15-10(8-12)6-7-21(15)16-17(22)13-4-2-11(19)9-14(13)20-18(16)23/h2-9H,1H3,(H2,20,22,23). The minimum absolute atomic E-state index is 0.0845. The predicted molar refractivity (Wildman–Crippen MR) is 94.6 cm³/mol. The van der Waals surface area contributed by atoms with Gasteiger partial charge in [0.2, 0.25) is 0 Å². The van der Waals surface area contributed by atoms with Crippen LogP contribution in [-0.2, 0) is 0 Å². The van der Waals surface area contributed by atoms with E-state index in [-0.39, 0.29) is 11.4 Å². The monoisotopic (exact) mass is 340 g/mol. The maximum atomic E-state index is 12.5. The summed E-state index contributed by atoms with van der Waals surface area (Å²) in [4.78, 5) is 15.3. The van der Waals surface area contributed by atoms with Gasteiger partial charge in [-0.2, -0.15) is 0 Å². The van der Waals surface area contributed by atoms with Crippen molar-refractivity contribution in [1.29, 1.82) is 0 Å². The molecule has 0 amide bonds. The van der Waals surface area contributed by atoms with Crippen LogP contribution in [0.25, 0.3) is 27.5 Å². The normalized spacial score (nSPS) is 11.2. The Morgan fingerprint density at radius 1 is 1.17 bits per heavy atom. The second kappa shape index (κ2) is 5.32. The lowest BCUT2D eigenvalue weighted by molar-refractivity contribution is 0.415. The Morgan fingerprint density at radius 3 is 2.79 bits per heavy atom. The van der Waals surface area contributed by atoms with E-state index in [9.17, 15) is 9.90 Å². The molecule has 0 saturated heterocycles. The summed E-state index contributed by atoms with van der Waals surface area (Å²) in [6.45, 7) is 0. The Labute approximate surface area is 141 Å². The van der Waals surface area contributed by atoms with Crippen molar-refractivity contribution in [3.8, 4) is 17.2 Å². The van der Waals surface area contributed by atoms with Gasteiger partial charge in [0.25, 0.3) is 5.56 Å². The van der Waals surface area contributed by atoms with Gasteiger partial charge in [-0.15, -0.1) is 0 Å². The number of nitrogens with one attached hydrogen (secondary N) is 1. The van der Waals surface area contributed by atoms with Gasteiger partial charge >= 0.3 is 0 Å². The lowest BCUT2D eigenvalue weighted by atomic mass is 10.2. The van der Waals surface area contributed by atoms with Crippen molar-refractivity contribution in [1.82, 2.24) is 9.55 Å². The van der Waals surface area contributed by atoms with Gasteiger partial charge in [-0.25, -0.2) is 0 Å². The number of hydrogen-bond acceptors (Lipinski definition) is 3. The van der Waals surface area contributed by atoms with Gasteiger partial charge in [-0.05, 0) is 42.5 Å². The van der Waals surface area contributed by atoms with E-state index in [1.165, 1.54) is 0 Å². The molecule has 0 aliphatic heterocycles. The van der Waals surface area contributed by atoms with Crippen LogP contribution in [-0.4, -0.2) is 21.8 Å². The molecule has 0 atom stereocenters. The van der Waals surface area contributed by atoms with Crippen molar-refractivity contribution in [2.75, 3.05) is 7.11 Å². The molecule has 120 valence electrons. The molecule has 0 radical (unpaired) electrons. The molecule has 0 spiro atoms. The Hall–Kier alpha value is -2.92. The topological polar surface area (TPSA) is 67.2 Å². The Balaban J connectivity index is 2.03. The summed E-state index contributed by atoms with van der Waals surface area (Å²) in [7, 11) is 1.60. The second-order valence-electron chi connectivity index (χ2n) is 5.45. The first kappa shape index (κ1) is 14.7. The molecule has 0 bridgehead atoms. The van der Waals surface area contributed by atoms with Gasteiger partial charge < -0.3 is 19.4 Å². The SMILES string of the molecule is COc1ccc2c(ccn2-c2c(O)c3ccc(Cl)cc3[nH]c2=O)c1. The number of nitrogens with zero attached hydrogens (tertiary/aromatic N) is 1. The van der Waals surface area contributed by atoms with Crippen LogP contribution in [0.15, 0.2) is 53.5 Å². The third-order valence-corrected chi connectivity index (χ3v) is 4.30. The smallest absolute Gasteiger partial charge is 0.276 e. The molecule has 4 rings (SSSR count). The number of aromatic hydroxyl groups is 1. The van der Waals surface area contributed by atoms with Gasteiger partial charge in [0, 0.05) is 22.0 Å². The molecule has 0 aliphatic rings. The molecular formula is C18H13ClN2O3. The lowest BCUT2D eigenvalue weighted by Gasteiger charge is -2.10. The number of ether oxygens (including phenoxy) is 1. The molecule has 0 aliphatic carbocycles. The minimum atomic E-state index is -0.393. The summed E-state index contributed by atoms with van der Waals surface area (Å²) in [5.74, 6) is 0.644. The maximum absolute atomic E-state index is 12.5. The van der Waals surface area contributed by atoms with Gasteiger partial charge in [0.1, 0.15) is 5.75 Å². The molecule has 2 N–H and O–H groups in total. The van der Waals surface area contributed by atoms with Gasteiger partial charge in [-0.3, -0.25) is 4.79 Å². The Bertz CT molecular complexity index is 1140. The zero-order chi connectivity index (χ0) is 16.8. The van der Waals surface area contributed by atoms with E-state index in [0.717, 1.165) is 16.7 Å². The van der Waals surface area contributed by atoms with E-state index in [1.54, 1.807) is 36.1 Å². The van der Waals surface area contributed by atoms with Crippen molar-refractivity contribution in [3.05, 3.63) is 64.0 Å². The van der Waals surface area contributed by atoms with Crippen molar-refractivity contribution < 1.29 is 9.84 Å². The van der Waals surface area contributed by atoms with Gasteiger partial charge in [0.15, 0.2) is 11.4 Å². The molecule has 2 aromatic heterocycles. The molecule has 0 saturated carbocycles. The Kier molecular flexibility index (Phi) is 3.25. The van der Waals surface area contributed by atoms with Crippen LogP contribution in [0.5, 0.6) is 11.5 Å². The second-order valence-corrected chi connectivity index (χ2v) is 5.89. The summed E-state index contributed by atoms with van der Waals surface area (Å²) in [5, 5.41) is 12.6. The summed E-state index contributed by atoms with van der Waals surface area (Å²) in [6, 6.07) is 12.4. The number of benzene rings is 2. The number of H-pyrrole nitrogens is 1. The molecule has 5 nitrogen and oxygen atoms in total. The maximum Gasteiger partial charge on any atom is 0.276 e. The summed E-state index contributed by atoms with van der Waals surface area (Å²) in [6.07, 6.45) is 1.75. The molecule has 4 aromatic rings. The molecule has 2 aromatic carbocycles. The van der Waals surface area contributed by atoms with E-state index < -0.39 is 5.56 Å². The summed E-state index contributed by atoms with van der Waals surface area (Å²) in [5.41, 5.74) is 1.07. The molecule has 2 heterocycles. The zero-order valence-electron chi connectivity index (χ0n) is 12.7. The number of rotatable bonds is 2. The quantitative estimate of drug-likeness (QED) is 0.582. The number of halogens is 1. The van der Waals surface area contributed by atoms with Gasteiger partial charge in [0.05, 0.1) is 18.1 Å². The number of aromatic nitrogens is 2. The van der Waals surface area contributed by atoms with Crippen LogP contribution in [0.3, 0.4) is 0 Å². The first-order valence-corrected chi connectivity index (χ1v) is 7.66. The zero-order valence-corrected chi connectivity index (χ0v) is 13.5.